The molecule has 0 spiro atoms. The van der Waals surface area contributed by atoms with Crippen LogP contribution in [0.2, 0.25) is 0 Å². The van der Waals surface area contributed by atoms with Crippen molar-refractivity contribution in [3.8, 4) is 0 Å². The molecule has 2 aromatic rings. The minimum atomic E-state index is -0.381. The third kappa shape index (κ3) is 4.28. The van der Waals surface area contributed by atoms with Crippen LogP contribution in [0.5, 0.6) is 0 Å². The maximum atomic E-state index is 12.0. The molecule has 0 bridgehead atoms. The standard InChI is InChI=1S/C19H18N2O3S/c1-2-13-8-9-15(20-12-13)10-11-24-17(14-6-4-3-5-7-14)16-18(22)25-19(23)21-16/h3-9,12H,2,10-11H2,1H3,(H,21,23). The molecule has 1 aromatic heterocycles. The first kappa shape index (κ1) is 17.2. The first-order valence-corrected chi connectivity index (χ1v) is 8.88. The lowest BCUT2D eigenvalue weighted by Crippen LogP contribution is -2.15. The smallest absolute Gasteiger partial charge is 0.291 e. The lowest BCUT2D eigenvalue weighted by Gasteiger charge is -2.13. The zero-order chi connectivity index (χ0) is 17.6. The highest BCUT2D eigenvalue weighted by Gasteiger charge is 2.30. The number of carbonyl (C=O) groups excluding carboxylic acids is 2. The molecule has 128 valence electrons. The first-order valence-electron chi connectivity index (χ1n) is 8.07. The van der Waals surface area contributed by atoms with E-state index in [0.29, 0.717) is 30.5 Å². The van der Waals surface area contributed by atoms with Crippen LogP contribution < -0.4 is 5.32 Å². The number of pyridine rings is 1. The number of aryl methyl sites for hydroxylation is 1. The van der Waals surface area contributed by atoms with Gasteiger partial charge >= 0.3 is 0 Å². The van der Waals surface area contributed by atoms with Crippen LogP contribution in [0.1, 0.15) is 23.7 Å². The average molecular weight is 354 g/mol. The van der Waals surface area contributed by atoms with Gasteiger partial charge in [-0.05, 0) is 18.1 Å². The van der Waals surface area contributed by atoms with Crippen molar-refractivity contribution in [1.82, 2.24) is 10.3 Å². The Labute approximate surface area is 150 Å². The summed E-state index contributed by atoms with van der Waals surface area (Å²) < 4.78 is 5.88. The molecule has 2 heterocycles. The van der Waals surface area contributed by atoms with Crippen LogP contribution in [0.25, 0.3) is 5.76 Å². The Hall–Kier alpha value is -2.60. The second kappa shape index (κ2) is 7.98. The molecule has 1 aliphatic heterocycles. The number of carbonyl (C=O) groups is 2. The van der Waals surface area contributed by atoms with E-state index in [0.717, 1.165) is 17.7 Å². The minimum Gasteiger partial charge on any atom is -0.490 e. The third-order valence-electron chi connectivity index (χ3n) is 3.78. The lowest BCUT2D eigenvalue weighted by molar-refractivity contribution is -0.107. The molecule has 1 aliphatic rings. The largest absolute Gasteiger partial charge is 0.490 e. The van der Waals surface area contributed by atoms with Crippen molar-refractivity contribution in [2.45, 2.75) is 19.8 Å². The Morgan fingerprint density at radius 2 is 1.96 bits per heavy atom. The predicted molar refractivity (Wildman–Crippen MR) is 97.8 cm³/mol. The maximum Gasteiger partial charge on any atom is 0.291 e. The van der Waals surface area contributed by atoms with Crippen LogP contribution in [0.15, 0.2) is 54.4 Å². The molecular formula is C19H18N2O3S. The summed E-state index contributed by atoms with van der Waals surface area (Å²) in [5, 5.41) is 1.87. The summed E-state index contributed by atoms with van der Waals surface area (Å²) in [6.07, 6.45) is 3.43. The van der Waals surface area contributed by atoms with Gasteiger partial charge in [-0.25, -0.2) is 0 Å². The summed E-state index contributed by atoms with van der Waals surface area (Å²) in [7, 11) is 0. The first-order chi connectivity index (χ1) is 12.2. The van der Waals surface area contributed by atoms with Gasteiger partial charge in [-0.15, -0.1) is 0 Å². The highest BCUT2D eigenvalue weighted by Crippen LogP contribution is 2.27. The molecule has 1 amide bonds. The van der Waals surface area contributed by atoms with Gasteiger partial charge in [-0.3, -0.25) is 14.6 Å². The van der Waals surface area contributed by atoms with E-state index in [1.54, 1.807) is 0 Å². The minimum absolute atomic E-state index is 0.204. The topological polar surface area (TPSA) is 68.3 Å². The van der Waals surface area contributed by atoms with Crippen molar-refractivity contribution >= 4 is 27.9 Å². The van der Waals surface area contributed by atoms with E-state index < -0.39 is 0 Å². The number of thioether (sulfide) groups is 1. The fourth-order valence-electron chi connectivity index (χ4n) is 2.42. The molecule has 1 N–H and O–H groups in total. The Morgan fingerprint density at radius 3 is 2.56 bits per heavy atom. The number of rotatable bonds is 6. The Morgan fingerprint density at radius 1 is 1.16 bits per heavy atom. The zero-order valence-corrected chi connectivity index (χ0v) is 14.6. The molecule has 0 saturated carbocycles. The van der Waals surface area contributed by atoms with E-state index in [2.05, 4.69) is 23.3 Å². The van der Waals surface area contributed by atoms with Crippen LogP contribution in [0.3, 0.4) is 0 Å². The van der Waals surface area contributed by atoms with Crippen molar-refractivity contribution in [3.63, 3.8) is 0 Å². The summed E-state index contributed by atoms with van der Waals surface area (Å²) >= 11 is 0.646. The van der Waals surface area contributed by atoms with Crippen LogP contribution in [0.4, 0.5) is 4.79 Å². The number of nitrogens with one attached hydrogen (secondary N) is 1. The Balaban J connectivity index is 1.75. The SMILES string of the molecule is CCc1ccc(CCOC(=C2NC(=O)SC2=O)c2ccccc2)nc1. The van der Waals surface area contributed by atoms with Crippen molar-refractivity contribution in [1.29, 1.82) is 0 Å². The number of benzene rings is 1. The molecule has 6 heteroatoms. The molecule has 0 aliphatic carbocycles. The van der Waals surface area contributed by atoms with Gasteiger partial charge in [0.1, 0.15) is 5.70 Å². The second-order valence-electron chi connectivity index (χ2n) is 5.48. The lowest BCUT2D eigenvalue weighted by atomic mass is 10.1. The maximum absolute atomic E-state index is 12.0. The van der Waals surface area contributed by atoms with Gasteiger partial charge in [0.05, 0.1) is 6.61 Å². The third-order valence-corrected chi connectivity index (χ3v) is 4.46. The molecule has 25 heavy (non-hydrogen) atoms. The summed E-state index contributed by atoms with van der Waals surface area (Å²) in [4.78, 5) is 27.9. The molecule has 0 radical (unpaired) electrons. The molecule has 1 saturated heterocycles. The van der Waals surface area contributed by atoms with Gasteiger partial charge in [-0.1, -0.05) is 43.3 Å². The quantitative estimate of drug-likeness (QED) is 0.635. The highest BCUT2D eigenvalue weighted by atomic mass is 32.2. The Kier molecular flexibility index (Phi) is 5.50. The van der Waals surface area contributed by atoms with Crippen molar-refractivity contribution in [3.05, 3.63) is 71.2 Å². The van der Waals surface area contributed by atoms with Gasteiger partial charge < -0.3 is 10.1 Å². The number of aromatic nitrogens is 1. The number of ether oxygens (including phenoxy) is 1. The monoisotopic (exact) mass is 354 g/mol. The van der Waals surface area contributed by atoms with Crippen LogP contribution in [-0.4, -0.2) is 21.9 Å². The molecule has 1 aromatic carbocycles. The van der Waals surface area contributed by atoms with Crippen molar-refractivity contribution in [2.24, 2.45) is 0 Å². The Bertz CT molecular complexity index is 801. The van der Waals surface area contributed by atoms with Gasteiger partial charge in [0.25, 0.3) is 5.24 Å². The van der Waals surface area contributed by atoms with E-state index in [1.807, 2.05) is 42.6 Å². The average Bonchev–Trinajstić information content (AvgIpc) is 2.98. The van der Waals surface area contributed by atoms with E-state index in [1.165, 1.54) is 5.56 Å². The molecule has 3 rings (SSSR count). The zero-order valence-electron chi connectivity index (χ0n) is 13.8. The predicted octanol–water partition coefficient (Wildman–Crippen LogP) is 3.55. The second-order valence-corrected chi connectivity index (χ2v) is 6.43. The fraction of sp³-hybridized carbons (Fsp3) is 0.211. The molecular weight excluding hydrogens is 336 g/mol. The fourth-order valence-corrected chi connectivity index (χ4v) is 2.99. The van der Waals surface area contributed by atoms with E-state index in [4.69, 9.17) is 4.74 Å². The van der Waals surface area contributed by atoms with Crippen molar-refractivity contribution < 1.29 is 14.3 Å². The molecule has 5 nitrogen and oxygen atoms in total. The number of hydrogen-bond acceptors (Lipinski definition) is 5. The van der Waals surface area contributed by atoms with Gasteiger partial charge in [0, 0.05) is 35.6 Å². The van der Waals surface area contributed by atoms with Crippen LogP contribution in [0, 0.1) is 0 Å². The number of amides is 1. The van der Waals surface area contributed by atoms with Gasteiger partial charge in [-0.2, -0.15) is 0 Å². The van der Waals surface area contributed by atoms with Crippen LogP contribution in [-0.2, 0) is 22.4 Å². The normalized spacial score (nSPS) is 15.9. The summed E-state index contributed by atoms with van der Waals surface area (Å²) in [6, 6.07) is 13.3. The van der Waals surface area contributed by atoms with E-state index >= 15 is 0 Å². The number of hydrogen-bond donors (Lipinski definition) is 1. The number of nitrogens with zero attached hydrogens (tertiary/aromatic N) is 1. The molecule has 0 atom stereocenters. The molecule has 1 fully saturated rings. The van der Waals surface area contributed by atoms with Crippen LogP contribution >= 0.6 is 11.8 Å². The van der Waals surface area contributed by atoms with Crippen molar-refractivity contribution in [2.75, 3.05) is 6.61 Å². The molecule has 0 unspecified atom stereocenters. The van der Waals surface area contributed by atoms with E-state index in [-0.39, 0.29) is 16.1 Å². The van der Waals surface area contributed by atoms with Gasteiger partial charge in [0.2, 0.25) is 5.12 Å². The summed E-state index contributed by atoms with van der Waals surface area (Å²) in [6.45, 7) is 2.45. The van der Waals surface area contributed by atoms with Gasteiger partial charge in [0.15, 0.2) is 5.76 Å². The van der Waals surface area contributed by atoms with E-state index in [9.17, 15) is 9.59 Å². The summed E-state index contributed by atoms with van der Waals surface area (Å²) in [5.74, 6) is 0.397. The summed E-state index contributed by atoms with van der Waals surface area (Å²) in [5.41, 5.74) is 3.07. The highest BCUT2D eigenvalue weighted by molar-refractivity contribution is 8.27.